The summed E-state index contributed by atoms with van der Waals surface area (Å²) in [5, 5.41) is 0. The van der Waals surface area contributed by atoms with Crippen LogP contribution in [0.2, 0.25) is 0 Å². The number of nitrogens with two attached hydrogens (primary N) is 1. The molecule has 0 spiro atoms. The van der Waals surface area contributed by atoms with Crippen LogP contribution in [0.5, 0.6) is 0 Å². The Balaban J connectivity index is 1.66. The van der Waals surface area contributed by atoms with Crippen LogP contribution >= 0.6 is 0 Å². The smallest absolute Gasteiger partial charge is 0.0196 e. The largest absolute Gasteiger partial charge is 0.325 e. The molecule has 0 bridgehead atoms. The molecular weight excluding hydrogens is 206 g/mol. The monoisotopic (exact) mass is 229 g/mol. The predicted octanol–water partition coefficient (Wildman–Crippen LogP) is 3.77. The summed E-state index contributed by atoms with van der Waals surface area (Å²) in [6.07, 6.45) is 10.5. The van der Waals surface area contributed by atoms with Gasteiger partial charge in [-0.25, -0.2) is 0 Å². The molecular formula is C16H23N. The van der Waals surface area contributed by atoms with Crippen molar-refractivity contribution in [1.29, 1.82) is 0 Å². The fraction of sp³-hybridized carbons (Fsp3) is 0.625. The van der Waals surface area contributed by atoms with E-state index < -0.39 is 0 Å². The van der Waals surface area contributed by atoms with Gasteiger partial charge in [-0.2, -0.15) is 0 Å². The Kier molecular flexibility index (Phi) is 2.96. The lowest BCUT2D eigenvalue weighted by Gasteiger charge is -2.22. The first-order valence-corrected chi connectivity index (χ1v) is 7.13. The van der Waals surface area contributed by atoms with E-state index in [9.17, 15) is 0 Å². The predicted molar refractivity (Wildman–Crippen MR) is 72.1 cm³/mol. The second-order valence-electron chi connectivity index (χ2n) is 6.12. The van der Waals surface area contributed by atoms with Gasteiger partial charge in [-0.1, -0.05) is 43.5 Å². The van der Waals surface area contributed by atoms with Crippen molar-refractivity contribution in [1.82, 2.24) is 0 Å². The summed E-state index contributed by atoms with van der Waals surface area (Å²) in [6.45, 7) is 0. The molecule has 1 nitrogen and oxygen atoms in total. The van der Waals surface area contributed by atoms with Crippen molar-refractivity contribution in [2.45, 2.75) is 62.8 Å². The van der Waals surface area contributed by atoms with Crippen LogP contribution in [0.15, 0.2) is 24.3 Å². The standard InChI is InChI=1S/C16H23N/c17-16(10-11-16)12-13-6-8-15(9-7-13)14-4-2-1-3-5-14/h6-9,14H,1-5,10-12,17H2. The summed E-state index contributed by atoms with van der Waals surface area (Å²) >= 11 is 0. The third-order valence-electron chi connectivity index (χ3n) is 4.50. The highest BCUT2D eigenvalue weighted by molar-refractivity contribution is 5.28. The first-order valence-electron chi connectivity index (χ1n) is 7.13. The lowest BCUT2D eigenvalue weighted by Crippen LogP contribution is -2.24. The fourth-order valence-corrected chi connectivity index (χ4v) is 3.09. The highest BCUT2D eigenvalue weighted by Gasteiger charge is 2.37. The Morgan fingerprint density at radius 1 is 1.00 bits per heavy atom. The highest BCUT2D eigenvalue weighted by atomic mass is 14.8. The second-order valence-corrected chi connectivity index (χ2v) is 6.12. The molecule has 0 amide bonds. The number of hydrogen-bond acceptors (Lipinski definition) is 1. The molecule has 0 aliphatic heterocycles. The van der Waals surface area contributed by atoms with E-state index in [0.29, 0.717) is 0 Å². The van der Waals surface area contributed by atoms with Gasteiger partial charge in [0.2, 0.25) is 0 Å². The molecule has 3 rings (SSSR count). The molecule has 2 aliphatic carbocycles. The summed E-state index contributed by atoms with van der Waals surface area (Å²) < 4.78 is 0. The van der Waals surface area contributed by atoms with E-state index in [-0.39, 0.29) is 5.54 Å². The van der Waals surface area contributed by atoms with Crippen molar-refractivity contribution >= 4 is 0 Å². The molecule has 1 aromatic rings. The molecule has 2 saturated carbocycles. The third-order valence-corrected chi connectivity index (χ3v) is 4.50. The number of hydrogen-bond donors (Lipinski definition) is 1. The van der Waals surface area contributed by atoms with Crippen LogP contribution in [0, 0.1) is 0 Å². The van der Waals surface area contributed by atoms with Crippen LogP contribution in [0.4, 0.5) is 0 Å². The Bertz CT molecular complexity index is 369. The second kappa shape index (κ2) is 4.45. The van der Waals surface area contributed by atoms with Gasteiger partial charge >= 0.3 is 0 Å². The zero-order chi connectivity index (χ0) is 11.7. The molecule has 2 aliphatic rings. The van der Waals surface area contributed by atoms with Gasteiger partial charge in [-0.15, -0.1) is 0 Å². The van der Waals surface area contributed by atoms with Crippen LogP contribution in [-0.2, 0) is 6.42 Å². The average Bonchev–Trinajstić information content (AvgIpc) is 3.09. The van der Waals surface area contributed by atoms with Crippen molar-refractivity contribution in [3.05, 3.63) is 35.4 Å². The lowest BCUT2D eigenvalue weighted by molar-refractivity contribution is 0.443. The quantitative estimate of drug-likeness (QED) is 0.839. The molecule has 0 saturated heterocycles. The maximum Gasteiger partial charge on any atom is 0.0196 e. The van der Waals surface area contributed by atoms with Crippen LogP contribution < -0.4 is 5.73 Å². The van der Waals surface area contributed by atoms with Gasteiger partial charge in [-0.3, -0.25) is 0 Å². The van der Waals surface area contributed by atoms with Crippen molar-refractivity contribution in [2.75, 3.05) is 0 Å². The molecule has 0 radical (unpaired) electrons. The van der Waals surface area contributed by atoms with Crippen molar-refractivity contribution in [3.63, 3.8) is 0 Å². The Hall–Kier alpha value is -0.820. The molecule has 2 fully saturated rings. The molecule has 1 aromatic carbocycles. The molecule has 1 heteroatoms. The minimum atomic E-state index is 0.145. The van der Waals surface area contributed by atoms with E-state index in [1.165, 1.54) is 50.5 Å². The third kappa shape index (κ3) is 2.71. The van der Waals surface area contributed by atoms with Crippen molar-refractivity contribution in [3.8, 4) is 0 Å². The van der Waals surface area contributed by atoms with Gasteiger partial charge in [0.25, 0.3) is 0 Å². The minimum Gasteiger partial charge on any atom is -0.325 e. The van der Waals surface area contributed by atoms with Crippen molar-refractivity contribution < 1.29 is 0 Å². The maximum absolute atomic E-state index is 6.16. The van der Waals surface area contributed by atoms with E-state index in [0.717, 1.165) is 12.3 Å². The normalized spacial score (nSPS) is 23.6. The summed E-state index contributed by atoms with van der Waals surface area (Å²) in [6, 6.07) is 9.29. The minimum absolute atomic E-state index is 0.145. The molecule has 0 atom stereocenters. The first-order chi connectivity index (χ1) is 8.25. The Morgan fingerprint density at radius 3 is 2.24 bits per heavy atom. The van der Waals surface area contributed by atoms with E-state index in [4.69, 9.17) is 5.73 Å². The molecule has 2 N–H and O–H groups in total. The van der Waals surface area contributed by atoms with Gasteiger partial charge in [0.05, 0.1) is 0 Å². The zero-order valence-corrected chi connectivity index (χ0v) is 10.6. The van der Waals surface area contributed by atoms with E-state index in [2.05, 4.69) is 24.3 Å². The number of rotatable bonds is 3. The summed E-state index contributed by atoms with van der Waals surface area (Å²) in [5.74, 6) is 0.825. The molecule has 17 heavy (non-hydrogen) atoms. The highest BCUT2D eigenvalue weighted by Crippen LogP contribution is 2.36. The van der Waals surface area contributed by atoms with Gasteiger partial charge in [-0.05, 0) is 49.1 Å². The van der Waals surface area contributed by atoms with Crippen LogP contribution in [0.1, 0.15) is 62.0 Å². The van der Waals surface area contributed by atoms with E-state index in [1.807, 2.05) is 0 Å². The van der Waals surface area contributed by atoms with Crippen LogP contribution in [0.3, 0.4) is 0 Å². The average molecular weight is 229 g/mol. The van der Waals surface area contributed by atoms with E-state index in [1.54, 1.807) is 5.56 Å². The SMILES string of the molecule is NC1(Cc2ccc(C3CCCCC3)cc2)CC1. The van der Waals surface area contributed by atoms with Gasteiger partial charge < -0.3 is 5.73 Å². The van der Waals surface area contributed by atoms with Gasteiger partial charge in [0.1, 0.15) is 0 Å². The molecule has 0 unspecified atom stereocenters. The lowest BCUT2D eigenvalue weighted by atomic mass is 9.84. The summed E-state index contributed by atoms with van der Waals surface area (Å²) in [7, 11) is 0. The molecule has 0 heterocycles. The molecule has 92 valence electrons. The van der Waals surface area contributed by atoms with Crippen LogP contribution in [-0.4, -0.2) is 5.54 Å². The van der Waals surface area contributed by atoms with Crippen LogP contribution in [0.25, 0.3) is 0 Å². The summed E-state index contributed by atoms with van der Waals surface area (Å²) in [5.41, 5.74) is 9.28. The van der Waals surface area contributed by atoms with E-state index >= 15 is 0 Å². The maximum atomic E-state index is 6.16. The number of benzene rings is 1. The van der Waals surface area contributed by atoms with Gasteiger partial charge in [0.15, 0.2) is 0 Å². The first kappa shape index (κ1) is 11.3. The topological polar surface area (TPSA) is 26.0 Å². The molecule has 0 aromatic heterocycles. The zero-order valence-electron chi connectivity index (χ0n) is 10.6. The van der Waals surface area contributed by atoms with Crippen molar-refractivity contribution in [2.24, 2.45) is 5.73 Å². The summed E-state index contributed by atoms with van der Waals surface area (Å²) in [4.78, 5) is 0. The van der Waals surface area contributed by atoms with Gasteiger partial charge in [0, 0.05) is 5.54 Å². The Morgan fingerprint density at radius 2 is 1.65 bits per heavy atom. The fourth-order valence-electron chi connectivity index (χ4n) is 3.09. The Labute approximate surface area is 104 Å².